The molecule has 2 aromatic rings. The van der Waals surface area contributed by atoms with Gasteiger partial charge in [0.15, 0.2) is 0 Å². The fourth-order valence-electron chi connectivity index (χ4n) is 3.56. The zero-order chi connectivity index (χ0) is 18.4. The van der Waals surface area contributed by atoms with E-state index in [0.717, 1.165) is 36.9 Å². The van der Waals surface area contributed by atoms with Gasteiger partial charge < -0.3 is 10.6 Å². The minimum absolute atomic E-state index is 0.0810. The van der Waals surface area contributed by atoms with Crippen LogP contribution in [0.5, 0.6) is 0 Å². The van der Waals surface area contributed by atoms with Gasteiger partial charge in [0.25, 0.3) is 0 Å². The highest BCUT2D eigenvalue weighted by molar-refractivity contribution is 5.87. The molecular weight excluding hydrogens is 328 g/mol. The Bertz CT molecular complexity index is 735. The quantitative estimate of drug-likeness (QED) is 0.800. The fourth-order valence-corrected chi connectivity index (χ4v) is 3.56. The molecule has 0 spiro atoms. The Morgan fingerprint density at radius 2 is 1.96 bits per heavy atom. The number of amides is 2. The van der Waals surface area contributed by atoms with Crippen molar-refractivity contribution in [2.45, 2.75) is 45.1 Å². The lowest BCUT2D eigenvalue weighted by molar-refractivity contribution is -0.129. The highest BCUT2D eigenvalue weighted by Gasteiger charge is 2.30. The van der Waals surface area contributed by atoms with Crippen LogP contribution >= 0.6 is 0 Å². The van der Waals surface area contributed by atoms with Gasteiger partial charge in [-0.25, -0.2) is 4.68 Å². The molecule has 1 saturated carbocycles. The first kappa shape index (κ1) is 18.2. The van der Waals surface area contributed by atoms with Crippen LogP contribution in [0.2, 0.25) is 0 Å². The largest absolute Gasteiger partial charge is 0.354 e. The standard InChI is InChI=1S/C20H26N4O2/c1-15(25)23-19(17-7-5-6-8-17)20(26)21-12-11-16-13-22-24(14-16)18-9-3-2-4-10-18/h2-4,9-10,13-14,17,19H,5-8,11-12H2,1H3,(H,21,26)(H,23,25). The Kier molecular flexibility index (Phi) is 6.04. The molecule has 26 heavy (non-hydrogen) atoms. The van der Waals surface area contributed by atoms with E-state index in [1.54, 1.807) is 0 Å². The van der Waals surface area contributed by atoms with Gasteiger partial charge in [-0.1, -0.05) is 31.0 Å². The van der Waals surface area contributed by atoms with Gasteiger partial charge in [0.1, 0.15) is 6.04 Å². The molecule has 1 aliphatic carbocycles. The van der Waals surface area contributed by atoms with Gasteiger partial charge in [-0.3, -0.25) is 9.59 Å². The van der Waals surface area contributed by atoms with Crippen LogP contribution in [0.4, 0.5) is 0 Å². The third-order valence-electron chi connectivity index (χ3n) is 4.88. The van der Waals surface area contributed by atoms with Gasteiger partial charge in [0, 0.05) is 19.7 Å². The van der Waals surface area contributed by atoms with Crippen molar-refractivity contribution < 1.29 is 9.59 Å². The molecule has 1 aromatic heterocycles. The molecule has 0 saturated heterocycles. The summed E-state index contributed by atoms with van der Waals surface area (Å²) in [5.74, 6) is 0.0171. The van der Waals surface area contributed by atoms with Crippen LogP contribution in [0, 0.1) is 5.92 Å². The smallest absolute Gasteiger partial charge is 0.242 e. The van der Waals surface area contributed by atoms with Crippen molar-refractivity contribution in [3.63, 3.8) is 0 Å². The normalized spacial score (nSPS) is 15.6. The number of hydrogen-bond acceptors (Lipinski definition) is 3. The van der Waals surface area contributed by atoms with Crippen LogP contribution < -0.4 is 10.6 Å². The van der Waals surface area contributed by atoms with Crippen molar-refractivity contribution in [1.82, 2.24) is 20.4 Å². The summed E-state index contributed by atoms with van der Waals surface area (Å²) in [7, 11) is 0. The summed E-state index contributed by atoms with van der Waals surface area (Å²) < 4.78 is 1.83. The number of benzene rings is 1. The molecule has 0 aliphatic heterocycles. The number of nitrogens with zero attached hydrogens (tertiary/aromatic N) is 2. The average molecular weight is 354 g/mol. The van der Waals surface area contributed by atoms with Crippen LogP contribution in [-0.2, 0) is 16.0 Å². The molecule has 2 N–H and O–H groups in total. The molecule has 2 amide bonds. The number of hydrogen-bond donors (Lipinski definition) is 2. The van der Waals surface area contributed by atoms with E-state index < -0.39 is 6.04 Å². The van der Waals surface area contributed by atoms with Crippen LogP contribution in [0.3, 0.4) is 0 Å². The van der Waals surface area contributed by atoms with Gasteiger partial charge in [-0.2, -0.15) is 5.10 Å². The summed E-state index contributed by atoms with van der Waals surface area (Å²) in [5.41, 5.74) is 2.07. The Labute approximate surface area is 154 Å². The molecule has 0 bridgehead atoms. The minimum atomic E-state index is -0.415. The maximum absolute atomic E-state index is 12.5. The molecule has 3 rings (SSSR count). The third kappa shape index (κ3) is 4.71. The zero-order valence-electron chi connectivity index (χ0n) is 15.1. The number of aromatic nitrogens is 2. The molecule has 1 fully saturated rings. The second-order valence-corrected chi connectivity index (χ2v) is 6.89. The molecule has 0 radical (unpaired) electrons. The lowest BCUT2D eigenvalue weighted by Gasteiger charge is -2.23. The average Bonchev–Trinajstić information content (AvgIpc) is 3.32. The topological polar surface area (TPSA) is 76.0 Å². The van der Waals surface area contributed by atoms with Gasteiger partial charge in [0.2, 0.25) is 11.8 Å². The van der Waals surface area contributed by atoms with Gasteiger partial charge in [-0.05, 0) is 42.9 Å². The van der Waals surface area contributed by atoms with Crippen LogP contribution in [0.25, 0.3) is 5.69 Å². The van der Waals surface area contributed by atoms with Crippen molar-refractivity contribution in [2.24, 2.45) is 5.92 Å². The summed E-state index contributed by atoms with van der Waals surface area (Å²) in [4.78, 5) is 24.0. The molecule has 6 heteroatoms. The number of para-hydroxylation sites is 1. The lowest BCUT2D eigenvalue weighted by Crippen LogP contribution is -2.50. The highest BCUT2D eigenvalue weighted by atomic mass is 16.2. The Hall–Kier alpha value is -2.63. The summed E-state index contributed by atoms with van der Waals surface area (Å²) in [6.07, 6.45) is 8.77. The fraction of sp³-hybridized carbons (Fsp3) is 0.450. The van der Waals surface area contributed by atoms with E-state index in [9.17, 15) is 9.59 Å². The molecule has 138 valence electrons. The minimum Gasteiger partial charge on any atom is -0.354 e. The Morgan fingerprint density at radius 1 is 1.23 bits per heavy atom. The van der Waals surface area contributed by atoms with Gasteiger partial charge in [-0.15, -0.1) is 0 Å². The Balaban J connectivity index is 1.52. The van der Waals surface area contributed by atoms with E-state index in [1.165, 1.54) is 6.92 Å². The maximum Gasteiger partial charge on any atom is 0.242 e. The van der Waals surface area contributed by atoms with Crippen LogP contribution in [-0.4, -0.2) is 34.2 Å². The number of carbonyl (C=O) groups excluding carboxylic acids is 2. The van der Waals surface area contributed by atoms with Crippen molar-refractivity contribution in [3.8, 4) is 5.69 Å². The van der Waals surface area contributed by atoms with E-state index >= 15 is 0 Å². The molecule has 1 heterocycles. The molecule has 1 aliphatic rings. The SMILES string of the molecule is CC(=O)NC(C(=O)NCCc1cnn(-c2ccccc2)c1)C1CCCC1. The number of rotatable bonds is 7. The van der Waals surface area contributed by atoms with Crippen molar-refractivity contribution in [2.75, 3.05) is 6.54 Å². The van der Waals surface area contributed by atoms with E-state index in [4.69, 9.17) is 0 Å². The summed E-state index contributed by atoms with van der Waals surface area (Å²) in [6, 6.07) is 9.50. The van der Waals surface area contributed by atoms with Crippen LogP contribution in [0.15, 0.2) is 42.7 Å². The zero-order valence-corrected chi connectivity index (χ0v) is 15.1. The van der Waals surface area contributed by atoms with Crippen molar-refractivity contribution in [3.05, 3.63) is 48.3 Å². The lowest BCUT2D eigenvalue weighted by atomic mass is 9.97. The van der Waals surface area contributed by atoms with E-state index in [0.29, 0.717) is 13.0 Å². The predicted octanol–water partition coefficient (Wildman–Crippen LogP) is 2.23. The van der Waals surface area contributed by atoms with Crippen molar-refractivity contribution >= 4 is 11.8 Å². The molecular formula is C20H26N4O2. The number of nitrogens with one attached hydrogen (secondary N) is 2. The van der Waals surface area contributed by atoms with Crippen LogP contribution in [0.1, 0.15) is 38.2 Å². The van der Waals surface area contributed by atoms with Crippen molar-refractivity contribution in [1.29, 1.82) is 0 Å². The van der Waals surface area contributed by atoms with E-state index in [2.05, 4.69) is 15.7 Å². The molecule has 6 nitrogen and oxygen atoms in total. The van der Waals surface area contributed by atoms with Gasteiger partial charge >= 0.3 is 0 Å². The summed E-state index contributed by atoms with van der Waals surface area (Å²) in [6.45, 7) is 2.00. The monoisotopic (exact) mass is 354 g/mol. The van der Waals surface area contributed by atoms with E-state index in [1.807, 2.05) is 47.4 Å². The highest BCUT2D eigenvalue weighted by Crippen LogP contribution is 2.27. The molecule has 1 unspecified atom stereocenters. The molecule has 1 atom stereocenters. The second-order valence-electron chi connectivity index (χ2n) is 6.89. The van der Waals surface area contributed by atoms with E-state index in [-0.39, 0.29) is 17.7 Å². The van der Waals surface area contributed by atoms with Gasteiger partial charge in [0.05, 0.1) is 11.9 Å². The first-order valence-electron chi connectivity index (χ1n) is 9.27. The maximum atomic E-state index is 12.5. The molecule has 1 aromatic carbocycles. The third-order valence-corrected chi connectivity index (χ3v) is 4.88. The second kappa shape index (κ2) is 8.65. The number of carbonyl (C=O) groups is 2. The Morgan fingerprint density at radius 3 is 2.65 bits per heavy atom. The predicted molar refractivity (Wildman–Crippen MR) is 99.8 cm³/mol. The first-order chi connectivity index (χ1) is 12.6. The summed E-state index contributed by atoms with van der Waals surface area (Å²) >= 11 is 0. The first-order valence-corrected chi connectivity index (χ1v) is 9.27. The summed E-state index contributed by atoms with van der Waals surface area (Å²) in [5, 5.41) is 10.2.